The molecule has 28 heavy (non-hydrogen) atoms. The Balaban J connectivity index is 1.85. The van der Waals surface area contributed by atoms with E-state index in [4.69, 9.17) is 14.3 Å². The van der Waals surface area contributed by atoms with E-state index in [-0.39, 0.29) is 0 Å². The molecule has 150 valence electrons. The van der Waals surface area contributed by atoms with Gasteiger partial charge in [-0.3, -0.25) is 4.98 Å². The van der Waals surface area contributed by atoms with Crippen molar-refractivity contribution in [3.8, 4) is 11.5 Å². The van der Waals surface area contributed by atoms with Gasteiger partial charge in [0, 0.05) is 17.5 Å². The number of hydrogen-bond acceptors (Lipinski definition) is 5. The third-order valence-electron chi connectivity index (χ3n) is 4.31. The number of hydrogen-bond donors (Lipinski definition) is 0. The third-order valence-corrected chi connectivity index (χ3v) is 4.31. The lowest BCUT2D eigenvalue weighted by Gasteiger charge is -2.14. The quantitative estimate of drug-likeness (QED) is 0.250. The Labute approximate surface area is 168 Å². The predicted molar refractivity (Wildman–Crippen MR) is 113 cm³/mol. The van der Waals surface area contributed by atoms with Crippen molar-refractivity contribution in [3.63, 3.8) is 0 Å². The molecule has 1 aromatic carbocycles. The van der Waals surface area contributed by atoms with Gasteiger partial charge in [-0.1, -0.05) is 17.3 Å². The van der Waals surface area contributed by atoms with Crippen LogP contribution in [0.15, 0.2) is 47.8 Å². The van der Waals surface area contributed by atoms with Crippen LogP contribution in [0.4, 0.5) is 0 Å². The molecule has 0 saturated carbocycles. The molecule has 0 unspecified atom stereocenters. The lowest BCUT2D eigenvalue weighted by Crippen LogP contribution is -2.04. The Morgan fingerprint density at radius 3 is 2.50 bits per heavy atom. The van der Waals surface area contributed by atoms with E-state index in [0.717, 1.165) is 52.4 Å². The molecule has 0 N–H and O–H groups in total. The number of rotatable bonds is 10. The van der Waals surface area contributed by atoms with Crippen LogP contribution in [0.3, 0.4) is 0 Å². The first-order chi connectivity index (χ1) is 13.5. The van der Waals surface area contributed by atoms with Crippen LogP contribution >= 0.6 is 0 Å². The molecule has 5 heteroatoms. The molecule has 0 radical (unpaired) electrons. The first kappa shape index (κ1) is 21.5. The van der Waals surface area contributed by atoms with Gasteiger partial charge in [0.05, 0.1) is 12.3 Å². The SMILES string of the molecule is C/C=C/COc1cc(C)c(OCCCc2ccc(C(C)=NOC)cn2)c(C)c1. The molecule has 0 atom stereocenters. The van der Waals surface area contributed by atoms with Gasteiger partial charge in [-0.05, 0) is 75.9 Å². The monoisotopic (exact) mass is 382 g/mol. The van der Waals surface area contributed by atoms with E-state index >= 15 is 0 Å². The Kier molecular flexibility index (Phi) is 8.53. The smallest absolute Gasteiger partial charge is 0.125 e. The first-order valence-corrected chi connectivity index (χ1v) is 9.56. The number of aryl methyl sites for hydroxylation is 3. The van der Waals surface area contributed by atoms with Crippen molar-refractivity contribution < 1.29 is 14.3 Å². The van der Waals surface area contributed by atoms with Crippen molar-refractivity contribution in [1.29, 1.82) is 0 Å². The van der Waals surface area contributed by atoms with Crippen LogP contribution in [0.5, 0.6) is 11.5 Å². The van der Waals surface area contributed by atoms with Crippen LogP contribution in [0, 0.1) is 13.8 Å². The Bertz CT molecular complexity index is 788. The van der Waals surface area contributed by atoms with Crippen molar-refractivity contribution in [3.05, 3.63) is 65.0 Å². The molecule has 2 aromatic rings. The van der Waals surface area contributed by atoms with Gasteiger partial charge in [-0.25, -0.2) is 0 Å². The van der Waals surface area contributed by atoms with E-state index in [1.165, 1.54) is 0 Å². The highest BCUT2D eigenvalue weighted by molar-refractivity contribution is 5.97. The molecule has 0 saturated heterocycles. The molecular formula is C23H30N2O3. The summed E-state index contributed by atoms with van der Waals surface area (Å²) in [6, 6.07) is 8.09. The molecule has 1 heterocycles. The van der Waals surface area contributed by atoms with Crippen molar-refractivity contribution >= 4 is 5.71 Å². The van der Waals surface area contributed by atoms with Crippen LogP contribution < -0.4 is 9.47 Å². The minimum Gasteiger partial charge on any atom is -0.493 e. The van der Waals surface area contributed by atoms with Gasteiger partial charge in [0.2, 0.25) is 0 Å². The zero-order valence-corrected chi connectivity index (χ0v) is 17.5. The fourth-order valence-electron chi connectivity index (χ4n) is 2.87. The van der Waals surface area contributed by atoms with E-state index in [2.05, 4.69) is 24.0 Å². The lowest BCUT2D eigenvalue weighted by atomic mass is 10.1. The van der Waals surface area contributed by atoms with Crippen LogP contribution in [0.2, 0.25) is 0 Å². The highest BCUT2D eigenvalue weighted by atomic mass is 16.6. The fraction of sp³-hybridized carbons (Fsp3) is 0.391. The number of allylic oxidation sites excluding steroid dienone is 1. The van der Waals surface area contributed by atoms with Gasteiger partial charge in [0.1, 0.15) is 25.2 Å². The molecule has 0 bridgehead atoms. The molecule has 0 aliphatic carbocycles. The first-order valence-electron chi connectivity index (χ1n) is 9.56. The van der Waals surface area contributed by atoms with Crippen LogP contribution in [0.25, 0.3) is 0 Å². The summed E-state index contributed by atoms with van der Waals surface area (Å²) in [4.78, 5) is 9.29. The van der Waals surface area contributed by atoms with Crippen molar-refractivity contribution in [2.75, 3.05) is 20.3 Å². The number of benzene rings is 1. The van der Waals surface area contributed by atoms with Crippen molar-refractivity contribution in [1.82, 2.24) is 4.98 Å². The molecule has 0 aliphatic rings. The van der Waals surface area contributed by atoms with Gasteiger partial charge in [0.15, 0.2) is 0 Å². The van der Waals surface area contributed by atoms with Gasteiger partial charge < -0.3 is 14.3 Å². The summed E-state index contributed by atoms with van der Waals surface area (Å²) in [6.45, 7) is 9.21. The molecular weight excluding hydrogens is 352 g/mol. The van der Waals surface area contributed by atoms with E-state index in [9.17, 15) is 0 Å². The molecule has 2 rings (SSSR count). The van der Waals surface area contributed by atoms with Gasteiger partial charge in [0.25, 0.3) is 0 Å². The fourth-order valence-corrected chi connectivity index (χ4v) is 2.87. The zero-order chi connectivity index (χ0) is 20.4. The highest BCUT2D eigenvalue weighted by Gasteiger charge is 2.08. The number of oxime groups is 1. The minimum absolute atomic E-state index is 0.582. The summed E-state index contributed by atoms with van der Waals surface area (Å²) in [7, 11) is 1.54. The second-order valence-electron chi connectivity index (χ2n) is 6.62. The Hall–Kier alpha value is -2.82. The predicted octanol–water partition coefficient (Wildman–Crippen LogP) is 5.04. The van der Waals surface area contributed by atoms with E-state index in [0.29, 0.717) is 13.2 Å². The molecule has 5 nitrogen and oxygen atoms in total. The Morgan fingerprint density at radius 1 is 1.14 bits per heavy atom. The van der Waals surface area contributed by atoms with Crippen LogP contribution in [-0.2, 0) is 11.3 Å². The summed E-state index contributed by atoms with van der Waals surface area (Å²) in [5.74, 6) is 1.81. The van der Waals surface area contributed by atoms with Crippen molar-refractivity contribution in [2.24, 2.45) is 5.16 Å². The molecule has 0 aliphatic heterocycles. The highest BCUT2D eigenvalue weighted by Crippen LogP contribution is 2.28. The molecule has 0 fully saturated rings. The average molecular weight is 383 g/mol. The standard InChI is InChI=1S/C23H30N2O3/c1-6-7-12-27-22-14-17(2)23(18(3)15-22)28-13-8-9-21-11-10-20(16-24-21)19(4)25-26-5/h6-7,10-11,14-16H,8-9,12-13H2,1-5H3/b7-6+,25-19?. The topological polar surface area (TPSA) is 52.9 Å². The van der Waals surface area contributed by atoms with Crippen LogP contribution in [-0.4, -0.2) is 31.0 Å². The summed E-state index contributed by atoms with van der Waals surface area (Å²) < 4.78 is 11.8. The maximum absolute atomic E-state index is 6.03. The number of nitrogens with zero attached hydrogens (tertiary/aromatic N) is 2. The lowest BCUT2D eigenvalue weighted by molar-refractivity contribution is 0.213. The second kappa shape index (κ2) is 11.1. The maximum atomic E-state index is 6.03. The summed E-state index contributed by atoms with van der Waals surface area (Å²) in [5, 5.41) is 3.92. The third kappa shape index (κ3) is 6.41. The van der Waals surface area contributed by atoms with Gasteiger partial charge in [-0.2, -0.15) is 0 Å². The van der Waals surface area contributed by atoms with Gasteiger partial charge in [-0.15, -0.1) is 0 Å². The van der Waals surface area contributed by atoms with E-state index in [1.807, 2.05) is 56.5 Å². The normalized spacial score (nSPS) is 11.7. The zero-order valence-electron chi connectivity index (χ0n) is 17.5. The summed E-state index contributed by atoms with van der Waals surface area (Å²) in [5.41, 5.74) is 4.99. The molecule has 0 amide bonds. The summed E-state index contributed by atoms with van der Waals surface area (Å²) in [6.07, 6.45) is 7.56. The minimum atomic E-state index is 0.582. The second-order valence-corrected chi connectivity index (χ2v) is 6.62. The van der Waals surface area contributed by atoms with Crippen molar-refractivity contribution in [2.45, 2.75) is 40.5 Å². The van der Waals surface area contributed by atoms with E-state index in [1.54, 1.807) is 7.11 Å². The number of aromatic nitrogens is 1. The Morgan fingerprint density at radius 2 is 1.89 bits per heavy atom. The average Bonchev–Trinajstić information content (AvgIpc) is 2.67. The van der Waals surface area contributed by atoms with E-state index < -0.39 is 0 Å². The number of pyridine rings is 1. The van der Waals surface area contributed by atoms with Crippen LogP contribution in [0.1, 0.15) is 42.7 Å². The summed E-state index contributed by atoms with van der Waals surface area (Å²) >= 11 is 0. The molecule has 0 spiro atoms. The number of ether oxygens (including phenoxy) is 2. The maximum Gasteiger partial charge on any atom is 0.125 e. The largest absolute Gasteiger partial charge is 0.493 e. The molecule has 1 aromatic heterocycles. The van der Waals surface area contributed by atoms with Gasteiger partial charge >= 0.3 is 0 Å².